The average Bonchev–Trinajstić information content (AvgIpc) is 2.66. The molecule has 0 bridgehead atoms. The largest absolute Gasteiger partial charge is 0.418 e. The first-order valence-electron chi connectivity index (χ1n) is 8.77. The van der Waals surface area contributed by atoms with E-state index in [9.17, 15) is 21.6 Å². The molecule has 0 heterocycles. The summed E-state index contributed by atoms with van der Waals surface area (Å²) in [4.78, 5) is -0.0551. The Morgan fingerprint density at radius 1 is 0.844 bits per heavy atom. The predicted molar refractivity (Wildman–Crippen MR) is 125 cm³/mol. The van der Waals surface area contributed by atoms with Gasteiger partial charge in [0.2, 0.25) is 0 Å². The predicted octanol–water partition coefficient (Wildman–Crippen LogP) is 6.62. The third-order valence-corrected chi connectivity index (χ3v) is 6.06. The van der Waals surface area contributed by atoms with E-state index in [-0.39, 0.29) is 31.4 Å². The molecule has 0 aliphatic rings. The molecule has 0 aliphatic heterocycles. The van der Waals surface area contributed by atoms with Crippen LogP contribution >= 0.6 is 35.4 Å². The average molecular weight is 520 g/mol. The van der Waals surface area contributed by atoms with Crippen molar-refractivity contribution in [3.63, 3.8) is 0 Å². The number of nitrogens with one attached hydrogen (secondary N) is 3. The van der Waals surface area contributed by atoms with Crippen LogP contribution < -0.4 is 15.4 Å². The van der Waals surface area contributed by atoms with Crippen LogP contribution in [0.4, 0.5) is 30.2 Å². The monoisotopic (exact) mass is 519 g/mol. The number of para-hydroxylation sites is 1. The van der Waals surface area contributed by atoms with Crippen molar-refractivity contribution in [1.29, 1.82) is 0 Å². The summed E-state index contributed by atoms with van der Waals surface area (Å²) >= 11 is 16.8. The van der Waals surface area contributed by atoms with E-state index in [2.05, 4.69) is 15.4 Å². The van der Waals surface area contributed by atoms with Crippen molar-refractivity contribution in [3.05, 3.63) is 82.3 Å². The summed E-state index contributed by atoms with van der Waals surface area (Å²) in [5, 5.41) is 5.65. The van der Waals surface area contributed by atoms with E-state index < -0.39 is 21.8 Å². The lowest BCUT2D eigenvalue weighted by atomic mass is 10.1. The Balaban J connectivity index is 1.70. The van der Waals surface area contributed by atoms with E-state index >= 15 is 0 Å². The number of anilines is 3. The normalized spacial score (nSPS) is 11.7. The van der Waals surface area contributed by atoms with Crippen LogP contribution in [0.3, 0.4) is 0 Å². The highest BCUT2D eigenvalue weighted by Gasteiger charge is 2.33. The van der Waals surface area contributed by atoms with Crippen molar-refractivity contribution in [3.8, 4) is 0 Å². The van der Waals surface area contributed by atoms with Crippen LogP contribution in [0, 0.1) is 0 Å². The van der Waals surface area contributed by atoms with E-state index in [1.807, 2.05) is 0 Å². The number of benzene rings is 3. The van der Waals surface area contributed by atoms with Gasteiger partial charge >= 0.3 is 6.18 Å². The van der Waals surface area contributed by atoms with Gasteiger partial charge in [-0.2, -0.15) is 13.2 Å². The van der Waals surface area contributed by atoms with Crippen LogP contribution in [0.15, 0.2) is 71.6 Å². The molecule has 0 fully saturated rings. The summed E-state index contributed by atoms with van der Waals surface area (Å²) in [6, 6.07) is 14.6. The van der Waals surface area contributed by atoms with E-state index in [4.69, 9.17) is 35.4 Å². The minimum absolute atomic E-state index is 0.0551. The number of rotatable bonds is 5. The Labute approximate surface area is 197 Å². The molecule has 0 saturated carbocycles. The molecule has 5 nitrogen and oxygen atoms in total. The van der Waals surface area contributed by atoms with Crippen molar-refractivity contribution >= 4 is 67.6 Å². The fourth-order valence-corrected chi connectivity index (χ4v) is 4.46. The lowest BCUT2D eigenvalue weighted by Crippen LogP contribution is -2.21. The third-order valence-electron chi connectivity index (χ3n) is 4.02. The molecule has 3 rings (SSSR count). The SMILES string of the molecule is O=S(=O)(Nc1cc(Cl)cc(Cl)c1)c1ccc(NC(=S)Nc2ccccc2C(F)(F)F)cc1. The minimum Gasteiger partial charge on any atom is -0.332 e. The molecule has 32 heavy (non-hydrogen) atoms. The molecule has 0 saturated heterocycles. The Hall–Kier alpha value is -2.53. The highest BCUT2D eigenvalue weighted by molar-refractivity contribution is 7.92. The van der Waals surface area contributed by atoms with Crippen LogP contribution in [-0.2, 0) is 16.2 Å². The number of hydrogen-bond donors (Lipinski definition) is 3. The molecule has 0 radical (unpaired) electrons. The van der Waals surface area contributed by atoms with Gasteiger partial charge in [-0.05, 0) is 66.8 Å². The van der Waals surface area contributed by atoms with Gasteiger partial charge in [-0.25, -0.2) is 8.42 Å². The van der Waals surface area contributed by atoms with Crippen molar-refractivity contribution in [2.24, 2.45) is 0 Å². The number of halogens is 5. The van der Waals surface area contributed by atoms with Gasteiger partial charge in [0.05, 0.1) is 21.8 Å². The molecule has 3 aromatic carbocycles. The fraction of sp³-hybridized carbons (Fsp3) is 0.0500. The van der Waals surface area contributed by atoms with Crippen molar-refractivity contribution in [1.82, 2.24) is 0 Å². The van der Waals surface area contributed by atoms with E-state index in [0.717, 1.165) is 6.07 Å². The smallest absolute Gasteiger partial charge is 0.332 e. The molecule has 0 amide bonds. The molecule has 12 heteroatoms. The highest BCUT2D eigenvalue weighted by Crippen LogP contribution is 2.34. The summed E-state index contributed by atoms with van der Waals surface area (Å²) in [6.45, 7) is 0. The summed E-state index contributed by atoms with van der Waals surface area (Å²) in [5.41, 5.74) is -0.506. The van der Waals surface area contributed by atoms with Crippen LogP contribution in [0.1, 0.15) is 5.56 Å². The standard InChI is InChI=1S/C20H14Cl2F3N3O2S2/c21-12-9-13(22)11-15(10-12)28-32(29,30)16-7-5-14(6-8-16)26-19(31)27-18-4-2-1-3-17(18)20(23,24)25/h1-11,28H,(H2,26,27,31). The molecule has 3 N–H and O–H groups in total. The molecule has 0 atom stereocenters. The number of hydrogen-bond acceptors (Lipinski definition) is 3. The van der Waals surface area contributed by atoms with Gasteiger partial charge in [0, 0.05) is 15.7 Å². The van der Waals surface area contributed by atoms with Crippen LogP contribution in [0.2, 0.25) is 10.0 Å². The molecule has 0 aromatic heterocycles. The first-order valence-corrected chi connectivity index (χ1v) is 11.4. The molecular weight excluding hydrogens is 506 g/mol. The lowest BCUT2D eigenvalue weighted by molar-refractivity contribution is -0.136. The molecule has 0 unspecified atom stereocenters. The van der Waals surface area contributed by atoms with Crippen molar-refractivity contribution < 1.29 is 21.6 Å². The lowest BCUT2D eigenvalue weighted by Gasteiger charge is -2.16. The summed E-state index contributed by atoms with van der Waals surface area (Å²) in [6.07, 6.45) is -4.55. The van der Waals surface area contributed by atoms with E-state index in [1.165, 1.54) is 60.7 Å². The number of alkyl halides is 3. The Morgan fingerprint density at radius 2 is 1.44 bits per heavy atom. The number of sulfonamides is 1. The maximum absolute atomic E-state index is 13.1. The molecule has 0 aliphatic carbocycles. The first kappa shape index (κ1) is 24.1. The fourth-order valence-electron chi connectivity index (χ4n) is 2.67. The maximum atomic E-state index is 13.1. The van der Waals surface area contributed by atoms with Gasteiger partial charge in [0.25, 0.3) is 10.0 Å². The van der Waals surface area contributed by atoms with Crippen LogP contribution in [-0.4, -0.2) is 13.5 Å². The quantitative estimate of drug-likeness (QED) is 0.330. The molecule has 168 valence electrons. The van der Waals surface area contributed by atoms with Crippen LogP contribution in [0.25, 0.3) is 0 Å². The second kappa shape index (κ2) is 9.53. The van der Waals surface area contributed by atoms with Crippen molar-refractivity contribution in [2.45, 2.75) is 11.1 Å². The van der Waals surface area contributed by atoms with Gasteiger partial charge in [0.1, 0.15) is 0 Å². The van der Waals surface area contributed by atoms with Gasteiger partial charge in [0.15, 0.2) is 5.11 Å². The highest BCUT2D eigenvalue weighted by atomic mass is 35.5. The molecule has 3 aromatic rings. The third kappa shape index (κ3) is 6.26. The first-order chi connectivity index (χ1) is 14.9. The summed E-state index contributed by atoms with van der Waals surface area (Å²) < 4.78 is 66.8. The van der Waals surface area contributed by atoms with Gasteiger partial charge in [-0.15, -0.1) is 0 Å². The summed E-state index contributed by atoms with van der Waals surface area (Å²) in [7, 11) is -3.93. The summed E-state index contributed by atoms with van der Waals surface area (Å²) in [5.74, 6) is 0. The minimum atomic E-state index is -4.55. The van der Waals surface area contributed by atoms with Gasteiger partial charge < -0.3 is 10.6 Å². The Morgan fingerprint density at radius 3 is 2.03 bits per heavy atom. The zero-order valence-electron chi connectivity index (χ0n) is 15.9. The maximum Gasteiger partial charge on any atom is 0.418 e. The topological polar surface area (TPSA) is 70.2 Å². The molecular formula is C20H14Cl2F3N3O2S2. The van der Waals surface area contributed by atoms with Crippen LogP contribution in [0.5, 0.6) is 0 Å². The Bertz CT molecular complexity index is 1230. The second-order valence-electron chi connectivity index (χ2n) is 6.41. The van der Waals surface area contributed by atoms with Gasteiger partial charge in [-0.3, -0.25) is 4.72 Å². The number of thiocarbonyl (C=S) groups is 1. The zero-order valence-corrected chi connectivity index (χ0v) is 19.0. The second-order valence-corrected chi connectivity index (χ2v) is 9.37. The molecule has 0 spiro atoms. The Kier molecular flexibility index (Phi) is 7.19. The zero-order chi connectivity index (χ0) is 23.5. The van der Waals surface area contributed by atoms with E-state index in [1.54, 1.807) is 0 Å². The van der Waals surface area contributed by atoms with Crippen molar-refractivity contribution in [2.75, 3.05) is 15.4 Å². The van der Waals surface area contributed by atoms with E-state index in [0.29, 0.717) is 5.69 Å². The van der Waals surface area contributed by atoms with Gasteiger partial charge in [-0.1, -0.05) is 35.3 Å².